The zero-order chi connectivity index (χ0) is 12.3. The van der Waals surface area contributed by atoms with Crippen molar-refractivity contribution in [2.45, 2.75) is 51.2 Å². The molecule has 0 amide bonds. The van der Waals surface area contributed by atoms with Gasteiger partial charge in [0.15, 0.2) is 0 Å². The summed E-state index contributed by atoms with van der Waals surface area (Å²) in [6.07, 6.45) is 5.13. The molecule has 2 aliphatic rings. The molecule has 0 spiro atoms. The minimum atomic E-state index is -0.0725. The van der Waals surface area contributed by atoms with Crippen molar-refractivity contribution in [2.75, 3.05) is 26.9 Å². The highest BCUT2D eigenvalue weighted by Crippen LogP contribution is 2.30. The Balaban J connectivity index is 1.87. The van der Waals surface area contributed by atoms with E-state index >= 15 is 0 Å². The lowest BCUT2D eigenvalue weighted by Crippen LogP contribution is -2.51. The van der Waals surface area contributed by atoms with E-state index in [2.05, 4.69) is 19.2 Å². The molecule has 3 atom stereocenters. The largest absolute Gasteiger partial charge is 0.378 e. The maximum absolute atomic E-state index is 5.67. The van der Waals surface area contributed by atoms with Crippen LogP contribution in [0.2, 0.25) is 0 Å². The van der Waals surface area contributed by atoms with Crippen LogP contribution in [-0.4, -0.2) is 38.5 Å². The van der Waals surface area contributed by atoms with E-state index < -0.39 is 0 Å². The third kappa shape index (κ3) is 3.01. The summed E-state index contributed by atoms with van der Waals surface area (Å²) in [6, 6.07) is 0.649. The standard InChI is InChI=1S/C14H27NO2/c1-11-5-4-6-12(2)13(11)15-9-14(16-3)7-8-17-10-14/h11-13,15H,4-10H2,1-3H3. The van der Waals surface area contributed by atoms with Gasteiger partial charge in [-0.1, -0.05) is 20.3 Å². The molecule has 1 heterocycles. The molecule has 17 heavy (non-hydrogen) atoms. The topological polar surface area (TPSA) is 30.5 Å². The summed E-state index contributed by atoms with van der Waals surface area (Å²) in [6.45, 7) is 7.26. The highest BCUT2D eigenvalue weighted by Gasteiger charge is 2.37. The van der Waals surface area contributed by atoms with Crippen molar-refractivity contribution >= 4 is 0 Å². The van der Waals surface area contributed by atoms with E-state index in [1.807, 2.05) is 7.11 Å². The quantitative estimate of drug-likeness (QED) is 0.818. The van der Waals surface area contributed by atoms with Crippen molar-refractivity contribution in [1.29, 1.82) is 0 Å². The summed E-state index contributed by atoms with van der Waals surface area (Å²) in [4.78, 5) is 0. The first-order valence-corrected chi connectivity index (χ1v) is 7.03. The lowest BCUT2D eigenvalue weighted by Gasteiger charge is -2.38. The molecule has 1 N–H and O–H groups in total. The van der Waals surface area contributed by atoms with Gasteiger partial charge in [0.2, 0.25) is 0 Å². The van der Waals surface area contributed by atoms with Crippen LogP contribution in [0.1, 0.15) is 39.5 Å². The molecule has 100 valence electrons. The second-order valence-corrected chi connectivity index (χ2v) is 5.98. The molecule has 0 aromatic carbocycles. The first kappa shape index (κ1) is 13.3. The van der Waals surface area contributed by atoms with E-state index in [1.54, 1.807) is 0 Å². The lowest BCUT2D eigenvalue weighted by molar-refractivity contribution is -0.0210. The third-order valence-electron chi connectivity index (χ3n) is 4.71. The van der Waals surface area contributed by atoms with E-state index in [4.69, 9.17) is 9.47 Å². The van der Waals surface area contributed by atoms with Gasteiger partial charge in [-0.05, 0) is 24.7 Å². The summed E-state index contributed by atoms with van der Waals surface area (Å²) in [5.41, 5.74) is -0.0725. The van der Waals surface area contributed by atoms with Gasteiger partial charge in [0, 0.05) is 32.7 Å². The molecule has 2 fully saturated rings. The molecular formula is C14H27NO2. The molecule has 0 aromatic rings. The Morgan fingerprint density at radius 3 is 2.53 bits per heavy atom. The molecule has 3 unspecified atom stereocenters. The first-order chi connectivity index (χ1) is 8.17. The average Bonchev–Trinajstić information content (AvgIpc) is 2.78. The highest BCUT2D eigenvalue weighted by molar-refractivity contribution is 4.91. The average molecular weight is 241 g/mol. The van der Waals surface area contributed by atoms with Gasteiger partial charge in [-0.2, -0.15) is 0 Å². The van der Waals surface area contributed by atoms with Gasteiger partial charge in [0.1, 0.15) is 5.60 Å². The summed E-state index contributed by atoms with van der Waals surface area (Å²) >= 11 is 0. The number of methoxy groups -OCH3 is 1. The molecule has 3 heteroatoms. The van der Waals surface area contributed by atoms with Crippen LogP contribution < -0.4 is 5.32 Å². The Hall–Kier alpha value is -0.120. The van der Waals surface area contributed by atoms with Crippen molar-refractivity contribution in [1.82, 2.24) is 5.32 Å². The number of ether oxygens (including phenoxy) is 2. The van der Waals surface area contributed by atoms with Crippen LogP contribution in [0.5, 0.6) is 0 Å². The van der Waals surface area contributed by atoms with Crippen LogP contribution in [-0.2, 0) is 9.47 Å². The van der Waals surface area contributed by atoms with Crippen LogP contribution >= 0.6 is 0 Å². The van der Waals surface area contributed by atoms with E-state index in [9.17, 15) is 0 Å². The Labute approximate surface area is 105 Å². The number of hydrogen-bond acceptors (Lipinski definition) is 3. The Kier molecular flexibility index (Phi) is 4.45. The molecule has 1 aliphatic heterocycles. The van der Waals surface area contributed by atoms with Gasteiger partial charge in [-0.25, -0.2) is 0 Å². The monoisotopic (exact) mass is 241 g/mol. The van der Waals surface area contributed by atoms with Crippen LogP contribution in [0, 0.1) is 11.8 Å². The van der Waals surface area contributed by atoms with Crippen molar-refractivity contribution in [2.24, 2.45) is 11.8 Å². The second kappa shape index (κ2) is 5.68. The van der Waals surface area contributed by atoms with Crippen molar-refractivity contribution in [3.05, 3.63) is 0 Å². The summed E-state index contributed by atoms with van der Waals surface area (Å²) in [5, 5.41) is 3.75. The van der Waals surface area contributed by atoms with Gasteiger partial charge in [-0.3, -0.25) is 0 Å². The smallest absolute Gasteiger partial charge is 0.106 e. The predicted molar refractivity (Wildman–Crippen MR) is 69.1 cm³/mol. The van der Waals surface area contributed by atoms with Crippen molar-refractivity contribution in [3.8, 4) is 0 Å². The SMILES string of the molecule is COC1(CNC2C(C)CCCC2C)CCOC1. The Bertz CT molecular complexity index is 228. The van der Waals surface area contributed by atoms with Gasteiger partial charge in [0.25, 0.3) is 0 Å². The molecule has 2 rings (SSSR count). The fourth-order valence-corrected chi connectivity index (χ4v) is 3.35. The van der Waals surface area contributed by atoms with Crippen LogP contribution in [0.25, 0.3) is 0 Å². The van der Waals surface area contributed by atoms with Crippen molar-refractivity contribution < 1.29 is 9.47 Å². The number of nitrogens with one attached hydrogen (secondary N) is 1. The van der Waals surface area contributed by atoms with Gasteiger partial charge < -0.3 is 14.8 Å². The zero-order valence-electron chi connectivity index (χ0n) is 11.5. The van der Waals surface area contributed by atoms with Crippen LogP contribution in [0.15, 0.2) is 0 Å². The normalized spacial score (nSPS) is 42.9. The van der Waals surface area contributed by atoms with Crippen molar-refractivity contribution in [3.63, 3.8) is 0 Å². The molecule has 0 bridgehead atoms. The Morgan fingerprint density at radius 1 is 1.29 bits per heavy atom. The predicted octanol–water partition coefficient (Wildman–Crippen LogP) is 2.21. The summed E-state index contributed by atoms with van der Waals surface area (Å²) < 4.78 is 11.2. The summed E-state index contributed by atoms with van der Waals surface area (Å²) in [7, 11) is 1.81. The maximum atomic E-state index is 5.67. The lowest BCUT2D eigenvalue weighted by atomic mass is 9.78. The number of hydrogen-bond donors (Lipinski definition) is 1. The van der Waals surface area contributed by atoms with E-state index in [0.29, 0.717) is 6.04 Å². The second-order valence-electron chi connectivity index (χ2n) is 5.98. The molecule has 0 radical (unpaired) electrons. The minimum Gasteiger partial charge on any atom is -0.378 e. The Morgan fingerprint density at radius 2 is 2.00 bits per heavy atom. The molecule has 3 nitrogen and oxygen atoms in total. The van der Waals surface area contributed by atoms with Gasteiger partial charge >= 0.3 is 0 Å². The maximum Gasteiger partial charge on any atom is 0.106 e. The van der Waals surface area contributed by atoms with Crippen LogP contribution in [0.4, 0.5) is 0 Å². The molecule has 0 aromatic heterocycles. The molecule has 1 aliphatic carbocycles. The highest BCUT2D eigenvalue weighted by atomic mass is 16.5. The molecular weight excluding hydrogens is 214 g/mol. The fraction of sp³-hybridized carbons (Fsp3) is 1.00. The van der Waals surface area contributed by atoms with Gasteiger partial charge in [-0.15, -0.1) is 0 Å². The minimum absolute atomic E-state index is 0.0725. The third-order valence-corrected chi connectivity index (χ3v) is 4.71. The first-order valence-electron chi connectivity index (χ1n) is 7.03. The van der Waals surface area contributed by atoms with Gasteiger partial charge in [0.05, 0.1) is 6.61 Å². The number of rotatable bonds is 4. The fourth-order valence-electron chi connectivity index (χ4n) is 3.35. The molecule has 1 saturated heterocycles. The van der Waals surface area contributed by atoms with E-state index in [-0.39, 0.29) is 5.60 Å². The zero-order valence-corrected chi connectivity index (χ0v) is 11.5. The van der Waals surface area contributed by atoms with Crippen LogP contribution in [0.3, 0.4) is 0 Å². The van der Waals surface area contributed by atoms with E-state index in [1.165, 1.54) is 19.3 Å². The van der Waals surface area contributed by atoms with E-state index in [0.717, 1.165) is 38.0 Å². The summed E-state index contributed by atoms with van der Waals surface area (Å²) in [5.74, 6) is 1.57. The molecule has 1 saturated carbocycles.